The summed E-state index contributed by atoms with van der Waals surface area (Å²) in [7, 11) is 0. The number of anilines is 2. The molecule has 16 heavy (non-hydrogen) atoms. The molecule has 1 aromatic carbocycles. The molecule has 2 N–H and O–H groups in total. The van der Waals surface area contributed by atoms with Crippen molar-refractivity contribution in [2.45, 2.75) is 26.2 Å². The largest absolute Gasteiger partial charge is 0.395 e. The van der Waals surface area contributed by atoms with Gasteiger partial charge in [-0.3, -0.25) is 0 Å². The van der Waals surface area contributed by atoms with E-state index in [1.54, 1.807) is 6.07 Å². The van der Waals surface area contributed by atoms with Gasteiger partial charge in [0.2, 0.25) is 0 Å². The van der Waals surface area contributed by atoms with E-state index in [-0.39, 0.29) is 5.82 Å². The van der Waals surface area contributed by atoms with E-state index >= 15 is 0 Å². The molecule has 0 spiro atoms. The first-order valence-corrected chi connectivity index (χ1v) is 6.01. The SMILES string of the molecule is CCCC1CCN(c2cccc(F)c2N)C1. The highest BCUT2D eigenvalue weighted by atomic mass is 19.1. The van der Waals surface area contributed by atoms with Crippen LogP contribution in [0, 0.1) is 11.7 Å². The summed E-state index contributed by atoms with van der Waals surface area (Å²) in [5.41, 5.74) is 6.92. The summed E-state index contributed by atoms with van der Waals surface area (Å²) in [6.07, 6.45) is 3.67. The number of benzene rings is 1. The van der Waals surface area contributed by atoms with Crippen molar-refractivity contribution in [1.29, 1.82) is 0 Å². The van der Waals surface area contributed by atoms with Crippen LogP contribution in [0.1, 0.15) is 26.2 Å². The lowest BCUT2D eigenvalue weighted by Gasteiger charge is -2.20. The van der Waals surface area contributed by atoms with Gasteiger partial charge in [0.1, 0.15) is 5.82 Å². The molecule has 2 nitrogen and oxygen atoms in total. The Bertz CT molecular complexity index is 365. The normalized spacial score (nSPS) is 20.4. The van der Waals surface area contributed by atoms with Gasteiger partial charge in [-0.2, -0.15) is 0 Å². The zero-order valence-corrected chi connectivity index (χ0v) is 9.75. The van der Waals surface area contributed by atoms with E-state index in [2.05, 4.69) is 11.8 Å². The highest BCUT2D eigenvalue weighted by Crippen LogP contribution is 2.31. The van der Waals surface area contributed by atoms with Crippen LogP contribution < -0.4 is 10.6 Å². The van der Waals surface area contributed by atoms with E-state index in [9.17, 15) is 4.39 Å². The van der Waals surface area contributed by atoms with Gasteiger partial charge in [-0.1, -0.05) is 19.4 Å². The quantitative estimate of drug-likeness (QED) is 0.796. The first-order chi connectivity index (χ1) is 7.72. The van der Waals surface area contributed by atoms with Gasteiger partial charge in [0.05, 0.1) is 11.4 Å². The lowest BCUT2D eigenvalue weighted by Crippen LogP contribution is -2.21. The molecule has 88 valence electrons. The van der Waals surface area contributed by atoms with Gasteiger partial charge in [-0.25, -0.2) is 4.39 Å². The Morgan fingerprint density at radius 1 is 1.50 bits per heavy atom. The van der Waals surface area contributed by atoms with E-state index in [1.165, 1.54) is 25.3 Å². The number of hydrogen-bond acceptors (Lipinski definition) is 2. The van der Waals surface area contributed by atoms with E-state index in [4.69, 9.17) is 5.73 Å². The van der Waals surface area contributed by atoms with Crippen LogP contribution in [-0.2, 0) is 0 Å². The lowest BCUT2D eigenvalue weighted by molar-refractivity contribution is 0.530. The number of rotatable bonds is 3. The molecular weight excluding hydrogens is 203 g/mol. The minimum Gasteiger partial charge on any atom is -0.395 e. The third-order valence-corrected chi connectivity index (χ3v) is 3.35. The summed E-state index contributed by atoms with van der Waals surface area (Å²) in [5.74, 6) is 0.434. The second-order valence-electron chi connectivity index (χ2n) is 4.56. The fourth-order valence-electron chi connectivity index (χ4n) is 2.50. The van der Waals surface area contributed by atoms with E-state index in [1.807, 2.05) is 6.07 Å². The minimum absolute atomic E-state index is 0.291. The average molecular weight is 222 g/mol. The predicted octanol–water partition coefficient (Wildman–Crippen LogP) is 3.03. The van der Waals surface area contributed by atoms with Crippen molar-refractivity contribution in [3.8, 4) is 0 Å². The van der Waals surface area contributed by atoms with Gasteiger partial charge < -0.3 is 10.6 Å². The van der Waals surface area contributed by atoms with Gasteiger partial charge in [0.15, 0.2) is 0 Å². The topological polar surface area (TPSA) is 29.3 Å². The Morgan fingerprint density at radius 2 is 2.31 bits per heavy atom. The van der Waals surface area contributed by atoms with Gasteiger partial charge in [0.25, 0.3) is 0 Å². The van der Waals surface area contributed by atoms with Crippen LogP contribution in [-0.4, -0.2) is 13.1 Å². The van der Waals surface area contributed by atoms with Crippen molar-refractivity contribution in [3.05, 3.63) is 24.0 Å². The van der Waals surface area contributed by atoms with Crippen molar-refractivity contribution < 1.29 is 4.39 Å². The second kappa shape index (κ2) is 4.73. The summed E-state index contributed by atoms with van der Waals surface area (Å²) in [6, 6.07) is 5.05. The summed E-state index contributed by atoms with van der Waals surface area (Å²) < 4.78 is 13.3. The molecule has 3 heteroatoms. The maximum absolute atomic E-state index is 13.3. The van der Waals surface area contributed by atoms with Crippen LogP contribution in [0.25, 0.3) is 0 Å². The van der Waals surface area contributed by atoms with Crippen molar-refractivity contribution in [2.24, 2.45) is 5.92 Å². The molecule has 1 aromatic rings. The van der Waals surface area contributed by atoms with E-state index in [0.717, 1.165) is 24.7 Å². The Kier molecular flexibility index (Phi) is 3.32. The maximum Gasteiger partial charge on any atom is 0.148 e. The lowest BCUT2D eigenvalue weighted by atomic mass is 10.0. The van der Waals surface area contributed by atoms with Crippen molar-refractivity contribution >= 4 is 11.4 Å². The van der Waals surface area contributed by atoms with Crippen molar-refractivity contribution in [2.75, 3.05) is 23.7 Å². The first kappa shape index (κ1) is 11.2. The van der Waals surface area contributed by atoms with Crippen LogP contribution in [0.2, 0.25) is 0 Å². The highest BCUT2D eigenvalue weighted by molar-refractivity contribution is 5.68. The monoisotopic (exact) mass is 222 g/mol. The number of nitrogen functional groups attached to an aromatic ring is 1. The molecule has 0 aliphatic carbocycles. The Balaban J connectivity index is 2.11. The first-order valence-electron chi connectivity index (χ1n) is 6.01. The Morgan fingerprint density at radius 3 is 3.06 bits per heavy atom. The summed E-state index contributed by atoms with van der Waals surface area (Å²) in [4.78, 5) is 2.21. The Hall–Kier alpha value is -1.25. The zero-order chi connectivity index (χ0) is 11.5. The third-order valence-electron chi connectivity index (χ3n) is 3.35. The molecule has 1 saturated heterocycles. The summed E-state index contributed by atoms with van der Waals surface area (Å²) in [6.45, 7) is 4.22. The molecule has 2 rings (SSSR count). The van der Waals surface area contributed by atoms with Gasteiger partial charge in [-0.15, -0.1) is 0 Å². The number of nitrogens with zero attached hydrogens (tertiary/aromatic N) is 1. The maximum atomic E-state index is 13.3. The zero-order valence-electron chi connectivity index (χ0n) is 9.75. The molecule has 1 atom stereocenters. The molecular formula is C13H19FN2. The summed E-state index contributed by atoms with van der Waals surface area (Å²) >= 11 is 0. The highest BCUT2D eigenvalue weighted by Gasteiger charge is 2.23. The number of hydrogen-bond donors (Lipinski definition) is 1. The molecule has 0 radical (unpaired) electrons. The van der Waals surface area contributed by atoms with E-state index < -0.39 is 0 Å². The number of para-hydroxylation sites is 1. The minimum atomic E-state index is -0.309. The van der Waals surface area contributed by atoms with Crippen LogP contribution in [0.4, 0.5) is 15.8 Å². The number of nitrogens with two attached hydrogens (primary N) is 1. The van der Waals surface area contributed by atoms with Crippen molar-refractivity contribution in [1.82, 2.24) is 0 Å². The molecule has 1 unspecified atom stereocenters. The van der Waals surface area contributed by atoms with Crippen LogP contribution in [0.15, 0.2) is 18.2 Å². The smallest absolute Gasteiger partial charge is 0.148 e. The number of halogens is 1. The van der Waals surface area contributed by atoms with Crippen LogP contribution in [0.5, 0.6) is 0 Å². The molecule has 1 fully saturated rings. The van der Waals surface area contributed by atoms with Gasteiger partial charge in [-0.05, 0) is 30.9 Å². The van der Waals surface area contributed by atoms with Gasteiger partial charge >= 0.3 is 0 Å². The molecule has 0 bridgehead atoms. The van der Waals surface area contributed by atoms with Crippen molar-refractivity contribution in [3.63, 3.8) is 0 Å². The molecule has 0 amide bonds. The predicted molar refractivity (Wildman–Crippen MR) is 66.0 cm³/mol. The fraction of sp³-hybridized carbons (Fsp3) is 0.538. The molecule has 1 aliphatic heterocycles. The van der Waals surface area contributed by atoms with E-state index in [0.29, 0.717) is 5.69 Å². The third kappa shape index (κ3) is 2.13. The van der Waals surface area contributed by atoms with Gasteiger partial charge in [0, 0.05) is 13.1 Å². The standard InChI is InChI=1S/C13H19FN2/c1-2-4-10-7-8-16(9-10)12-6-3-5-11(14)13(12)15/h3,5-6,10H,2,4,7-9,15H2,1H3. The average Bonchev–Trinajstić information content (AvgIpc) is 2.71. The summed E-state index contributed by atoms with van der Waals surface area (Å²) in [5, 5.41) is 0. The van der Waals surface area contributed by atoms with Crippen LogP contribution >= 0.6 is 0 Å². The molecule has 1 aliphatic rings. The van der Waals surface area contributed by atoms with Crippen LogP contribution in [0.3, 0.4) is 0 Å². The molecule has 0 aromatic heterocycles. The molecule has 1 heterocycles. The fourth-order valence-corrected chi connectivity index (χ4v) is 2.50. The molecule has 0 saturated carbocycles. The Labute approximate surface area is 96.2 Å². The second-order valence-corrected chi connectivity index (χ2v) is 4.56.